The summed E-state index contributed by atoms with van der Waals surface area (Å²) >= 11 is 0. The molecule has 3 rings (SSSR count). The van der Waals surface area contributed by atoms with Crippen molar-refractivity contribution in [1.82, 2.24) is 10.2 Å². The summed E-state index contributed by atoms with van der Waals surface area (Å²) in [5, 5.41) is 10.1. The fourth-order valence-corrected chi connectivity index (χ4v) is 2.58. The number of aromatic amines is 1. The van der Waals surface area contributed by atoms with E-state index in [-0.39, 0.29) is 12.2 Å². The Labute approximate surface area is 148 Å². The molecule has 0 aliphatic heterocycles. The summed E-state index contributed by atoms with van der Waals surface area (Å²) < 4.78 is 49.8. The van der Waals surface area contributed by atoms with Crippen molar-refractivity contribution in [2.24, 2.45) is 0 Å². The minimum atomic E-state index is -4.14. The highest BCUT2D eigenvalue weighted by molar-refractivity contribution is 5.63. The molecule has 3 nitrogen and oxygen atoms in total. The lowest BCUT2D eigenvalue weighted by atomic mass is 10.1. The minimum absolute atomic E-state index is 0.0276. The van der Waals surface area contributed by atoms with Gasteiger partial charge in [0.25, 0.3) is 0 Å². The fourth-order valence-electron chi connectivity index (χ4n) is 2.58. The number of nitrogens with zero attached hydrogens (tertiary/aromatic N) is 1. The predicted molar refractivity (Wildman–Crippen MR) is 92.1 cm³/mol. The van der Waals surface area contributed by atoms with Gasteiger partial charge in [-0.25, -0.2) is 4.39 Å². The molecule has 0 unspecified atom stereocenters. The average molecular weight is 363 g/mol. The molecule has 1 heterocycles. The van der Waals surface area contributed by atoms with Gasteiger partial charge in [0, 0.05) is 29.8 Å². The predicted octanol–water partition coefficient (Wildman–Crippen LogP) is 5.32. The Balaban J connectivity index is 1.61. The zero-order valence-corrected chi connectivity index (χ0v) is 13.8. The number of halogens is 4. The van der Waals surface area contributed by atoms with Crippen molar-refractivity contribution in [3.8, 4) is 11.3 Å². The number of hydrogen-bond donors (Lipinski definition) is 2. The van der Waals surface area contributed by atoms with Crippen molar-refractivity contribution >= 4 is 5.69 Å². The van der Waals surface area contributed by atoms with Crippen LogP contribution in [0.25, 0.3) is 11.3 Å². The third-order valence-corrected chi connectivity index (χ3v) is 3.98. The van der Waals surface area contributed by atoms with Crippen molar-refractivity contribution in [3.63, 3.8) is 0 Å². The van der Waals surface area contributed by atoms with Gasteiger partial charge in [0.15, 0.2) is 0 Å². The molecular weight excluding hydrogens is 346 g/mol. The second-order valence-corrected chi connectivity index (χ2v) is 5.94. The third kappa shape index (κ3) is 4.84. The maximum absolute atomic E-state index is 13.1. The van der Waals surface area contributed by atoms with E-state index in [1.54, 1.807) is 42.6 Å². The zero-order valence-electron chi connectivity index (χ0n) is 13.8. The number of hydrogen-bond acceptors (Lipinski definition) is 2. The highest BCUT2D eigenvalue weighted by atomic mass is 19.4. The molecule has 0 aliphatic rings. The number of nitrogens with one attached hydrogen (secondary N) is 2. The maximum Gasteiger partial charge on any atom is 0.389 e. The molecule has 1 aromatic heterocycles. The van der Waals surface area contributed by atoms with E-state index in [9.17, 15) is 17.6 Å². The van der Waals surface area contributed by atoms with Crippen molar-refractivity contribution < 1.29 is 17.6 Å². The van der Waals surface area contributed by atoms with E-state index in [4.69, 9.17) is 0 Å². The molecule has 0 fully saturated rings. The number of H-pyrrole nitrogens is 1. The molecule has 0 radical (unpaired) electrons. The highest BCUT2D eigenvalue weighted by Crippen LogP contribution is 2.24. The number of anilines is 1. The Morgan fingerprint density at radius 3 is 2.31 bits per heavy atom. The largest absolute Gasteiger partial charge is 0.389 e. The summed E-state index contributed by atoms with van der Waals surface area (Å²) in [5.74, 6) is -0.307. The van der Waals surface area contributed by atoms with Gasteiger partial charge in [-0.05, 0) is 48.4 Å². The molecule has 0 aliphatic carbocycles. The molecule has 0 spiro atoms. The molecule has 0 saturated carbocycles. The van der Waals surface area contributed by atoms with Crippen LogP contribution in [0.3, 0.4) is 0 Å². The van der Waals surface area contributed by atoms with Crippen LogP contribution in [0.1, 0.15) is 17.5 Å². The minimum Gasteiger partial charge on any atom is -0.381 e. The van der Waals surface area contributed by atoms with Crippen molar-refractivity contribution in [3.05, 3.63) is 71.7 Å². The zero-order chi connectivity index (χ0) is 18.6. The Morgan fingerprint density at radius 2 is 1.65 bits per heavy atom. The van der Waals surface area contributed by atoms with Gasteiger partial charge < -0.3 is 5.32 Å². The molecular formula is C19H17F4N3. The van der Waals surface area contributed by atoms with Gasteiger partial charge >= 0.3 is 6.18 Å². The molecule has 3 aromatic rings. The lowest BCUT2D eigenvalue weighted by molar-refractivity contribution is -0.133. The van der Waals surface area contributed by atoms with E-state index in [0.717, 1.165) is 22.5 Å². The molecule has 2 aromatic carbocycles. The SMILES string of the molecule is Fc1ccc(-c2[nH]ncc2CNc2ccc(CCC(F)(F)F)cc2)cc1. The molecule has 0 amide bonds. The normalized spacial score (nSPS) is 11.5. The van der Waals surface area contributed by atoms with Crippen LogP contribution in [-0.2, 0) is 13.0 Å². The molecule has 136 valence electrons. The van der Waals surface area contributed by atoms with Crippen molar-refractivity contribution in [2.45, 2.75) is 25.6 Å². The Kier molecular flexibility index (Phi) is 5.25. The van der Waals surface area contributed by atoms with Crippen LogP contribution in [0, 0.1) is 5.82 Å². The van der Waals surface area contributed by atoms with E-state index >= 15 is 0 Å². The van der Waals surface area contributed by atoms with Crippen LogP contribution in [0.15, 0.2) is 54.7 Å². The molecule has 7 heteroatoms. The van der Waals surface area contributed by atoms with Gasteiger partial charge in [-0.15, -0.1) is 0 Å². The lowest BCUT2D eigenvalue weighted by Crippen LogP contribution is -2.08. The second kappa shape index (κ2) is 7.59. The standard InChI is InChI=1S/C19H17F4N3/c20-16-5-3-14(4-6-16)18-15(12-25-26-18)11-24-17-7-1-13(2-8-17)9-10-19(21,22)23/h1-8,12,24H,9-11H2,(H,25,26). The molecule has 2 N–H and O–H groups in total. The van der Waals surface area contributed by atoms with Crippen LogP contribution in [0.5, 0.6) is 0 Å². The summed E-state index contributed by atoms with van der Waals surface area (Å²) in [5.41, 5.74) is 3.95. The highest BCUT2D eigenvalue weighted by Gasteiger charge is 2.26. The van der Waals surface area contributed by atoms with Gasteiger partial charge in [0.2, 0.25) is 0 Å². The number of rotatable bonds is 6. The molecule has 0 bridgehead atoms. The van der Waals surface area contributed by atoms with Crippen LogP contribution in [0.2, 0.25) is 0 Å². The van der Waals surface area contributed by atoms with Gasteiger partial charge in [-0.2, -0.15) is 18.3 Å². The topological polar surface area (TPSA) is 40.7 Å². The maximum atomic E-state index is 13.1. The summed E-state index contributed by atoms with van der Waals surface area (Å²) in [6.07, 6.45) is -3.31. The van der Waals surface area contributed by atoms with E-state index in [0.29, 0.717) is 12.1 Å². The summed E-state index contributed by atoms with van der Waals surface area (Å²) in [6, 6.07) is 13.0. The Bertz CT molecular complexity index is 836. The van der Waals surface area contributed by atoms with E-state index in [1.165, 1.54) is 12.1 Å². The van der Waals surface area contributed by atoms with E-state index in [1.807, 2.05) is 0 Å². The van der Waals surface area contributed by atoms with Gasteiger partial charge in [-0.1, -0.05) is 12.1 Å². The average Bonchev–Trinajstić information content (AvgIpc) is 3.07. The summed E-state index contributed by atoms with van der Waals surface area (Å²) in [6.45, 7) is 0.477. The third-order valence-electron chi connectivity index (χ3n) is 3.98. The summed E-state index contributed by atoms with van der Waals surface area (Å²) in [4.78, 5) is 0. The van der Waals surface area contributed by atoms with Gasteiger partial charge in [-0.3, -0.25) is 5.10 Å². The number of aromatic nitrogens is 2. The van der Waals surface area contributed by atoms with E-state index < -0.39 is 12.6 Å². The lowest BCUT2D eigenvalue weighted by Gasteiger charge is -2.09. The Morgan fingerprint density at radius 1 is 0.962 bits per heavy atom. The first kappa shape index (κ1) is 18.0. The van der Waals surface area contributed by atoms with Gasteiger partial charge in [0.05, 0.1) is 11.9 Å². The molecule has 26 heavy (non-hydrogen) atoms. The van der Waals surface area contributed by atoms with Gasteiger partial charge in [0.1, 0.15) is 5.82 Å². The van der Waals surface area contributed by atoms with Crippen molar-refractivity contribution in [2.75, 3.05) is 5.32 Å². The van der Waals surface area contributed by atoms with Crippen LogP contribution >= 0.6 is 0 Å². The first-order valence-corrected chi connectivity index (χ1v) is 8.08. The van der Waals surface area contributed by atoms with E-state index in [2.05, 4.69) is 15.5 Å². The summed E-state index contributed by atoms with van der Waals surface area (Å²) in [7, 11) is 0. The first-order chi connectivity index (χ1) is 12.4. The monoisotopic (exact) mass is 363 g/mol. The van der Waals surface area contributed by atoms with Crippen LogP contribution < -0.4 is 5.32 Å². The number of benzene rings is 2. The quantitative estimate of drug-likeness (QED) is 0.582. The second-order valence-electron chi connectivity index (χ2n) is 5.94. The fraction of sp³-hybridized carbons (Fsp3) is 0.211. The number of aryl methyl sites for hydroxylation is 1. The Hall–Kier alpha value is -2.83. The van der Waals surface area contributed by atoms with Crippen LogP contribution in [-0.4, -0.2) is 16.4 Å². The number of alkyl halides is 3. The van der Waals surface area contributed by atoms with Crippen LogP contribution in [0.4, 0.5) is 23.2 Å². The first-order valence-electron chi connectivity index (χ1n) is 8.08. The van der Waals surface area contributed by atoms with Crippen molar-refractivity contribution in [1.29, 1.82) is 0 Å². The molecule has 0 saturated heterocycles. The molecule has 0 atom stereocenters. The smallest absolute Gasteiger partial charge is 0.381 e.